The van der Waals surface area contributed by atoms with Gasteiger partial charge in [0.2, 0.25) is 11.8 Å². The first-order chi connectivity index (χ1) is 13.5. The van der Waals surface area contributed by atoms with Gasteiger partial charge < -0.3 is 20.1 Å². The summed E-state index contributed by atoms with van der Waals surface area (Å²) < 4.78 is 11.0. The minimum Gasteiger partial charge on any atom is -0.496 e. The molecule has 0 spiro atoms. The Balaban J connectivity index is 1.66. The average molecular weight is 382 g/mol. The molecule has 0 aromatic heterocycles. The third-order valence-corrected chi connectivity index (χ3v) is 4.75. The highest BCUT2D eigenvalue weighted by atomic mass is 16.5. The maximum atomic E-state index is 12.9. The molecule has 6 heteroatoms. The molecule has 1 fully saturated rings. The van der Waals surface area contributed by atoms with E-state index in [1.165, 1.54) is 0 Å². The Morgan fingerprint density at radius 3 is 2.29 bits per heavy atom. The second kappa shape index (κ2) is 8.33. The molecule has 2 N–H and O–H groups in total. The van der Waals surface area contributed by atoms with E-state index in [4.69, 9.17) is 9.47 Å². The van der Waals surface area contributed by atoms with Crippen LogP contribution in [0.1, 0.15) is 32.3 Å². The molecule has 1 saturated carbocycles. The molecule has 148 valence electrons. The number of carbonyl (C=O) groups is 2. The molecule has 0 bridgehead atoms. The van der Waals surface area contributed by atoms with Crippen molar-refractivity contribution in [3.63, 3.8) is 0 Å². The molecule has 0 aliphatic heterocycles. The minimum atomic E-state index is -1.02. The summed E-state index contributed by atoms with van der Waals surface area (Å²) in [5, 5.41) is 5.75. The lowest BCUT2D eigenvalue weighted by Gasteiger charge is -2.18. The number of nitrogens with one attached hydrogen (secondary N) is 2. The molecule has 0 saturated heterocycles. The maximum Gasteiger partial charge on any atom is 0.240 e. The molecular weight excluding hydrogens is 356 g/mol. The summed E-state index contributed by atoms with van der Waals surface area (Å²) in [7, 11) is 1.59. The summed E-state index contributed by atoms with van der Waals surface area (Å²) in [5.41, 5.74) is 0.419. The number of ether oxygens (including phenoxy) is 2. The van der Waals surface area contributed by atoms with Gasteiger partial charge in [0.25, 0.3) is 0 Å². The van der Waals surface area contributed by atoms with Crippen molar-refractivity contribution >= 4 is 17.5 Å². The highest BCUT2D eigenvalue weighted by Crippen LogP contribution is 2.47. The number of carbonyl (C=O) groups excluding carboxylic acids is 2. The Morgan fingerprint density at radius 2 is 1.64 bits per heavy atom. The van der Waals surface area contributed by atoms with Gasteiger partial charge in [0.15, 0.2) is 0 Å². The van der Waals surface area contributed by atoms with Crippen LogP contribution in [0.3, 0.4) is 0 Å². The van der Waals surface area contributed by atoms with E-state index >= 15 is 0 Å². The number of methoxy groups -OCH3 is 1. The van der Waals surface area contributed by atoms with Crippen LogP contribution in [0.4, 0.5) is 5.69 Å². The van der Waals surface area contributed by atoms with Gasteiger partial charge in [0.05, 0.1) is 18.9 Å². The Hall–Kier alpha value is -3.02. The number of hydrogen-bond donors (Lipinski definition) is 2. The number of rotatable bonds is 8. The molecule has 0 radical (unpaired) electrons. The fourth-order valence-corrected chi connectivity index (χ4v) is 3.04. The molecule has 3 rings (SSSR count). The van der Waals surface area contributed by atoms with E-state index in [-0.39, 0.29) is 17.9 Å². The van der Waals surface area contributed by atoms with Gasteiger partial charge in [-0.2, -0.15) is 0 Å². The summed E-state index contributed by atoms with van der Waals surface area (Å²) in [5.74, 6) is 0.732. The zero-order chi connectivity index (χ0) is 20.1. The first kappa shape index (κ1) is 19.7. The van der Waals surface area contributed by atoms with Gasteiger partial charge >= 0.3 is 0 Å². The van der Waals surface area contributed by atoms with Crippen LogP contribution >= 0.6 is 0 Å². The van der Waals surface area contributed by atoms with Crippen LogP contribution in [0.25, 0.3) is 0 Å². The highest BCUT2D eigenvalue weighted by Gasteiger charge is 2.56. The van der Waals surface area contributed by atoms with Gasteiger partial charge in [-0.05, 0) is 44.9 Å². The van der Waals surface area contributed by atoms with E-state index in [0.29, 0.717) is 36.6 Å². The van der Waals surface area contributed by atoms with E-state index in [2.05, 4.69) is 10.6 Å². The van der Waals surface area contributed by atoms with Gasteiger partial charge in [-0.3, -0.25) is 9.59 Å². The largest absolute Gasteiger partial charge is 0.496 e. The monoisotopic (exact) mass is 382 g/mol. The average Bonchev–Trinajstić information content (AvgIpc) is 3.49. The summed E-state index contributed by atoms with van der Waals surface area (Å²) in [6, 6.07) is 14.7. The van der Waals surface area contributed by atoms with Gasteiger partial charge in [0, 0.05) is 12.1 Å². The number of anilines is 1. The smallest absolute Gasteiger partial charge is 0.240 e. The fourth-order valence-electron chi connectivity index (χ4n) is 3.04. The van der Waals surface area contributed by atoms with Crippen molar-refractivity contribution in [1.82, 2.24) is 5.32 Å². The quantitative estimate of drug-likeness (QED) is 0.685. The minimum absolute atomic E-state index is 0.0166. The van der Waals surface area contributed by atoms with Crippen LogP contribution in [0.5, 0.6) is 11.5 Å². The van der Waals surface area contributed by atoms with Gasteiger partial charge in [0.1, 0.15) is 16.9 Å². The topological polar surface area (TPSA) is 76.7 Å². The van der Waals surface area contributed by atoms with Gasteiger partial charge in [-0.25, -0.2) is 0 Å². The zero-order valence-corrected chi connectivity index (χ0v) is 16.5. The summed E-state index contributed by atoms with van der Waals surface area (Å²) >= 11 is 0. The predicted octanol–water partition coefficient (Wildman–Crippen LogP) is 3.52. The lowest BCUT2D eigenvalue weighted by atomic mass is 10.0. The summed E-state index contributed by atoms with van der Waals surface area (Å²) in [4.78, 5) is 25.6. The molecular formula is C22H26N2O4. The lowest BCUT2D eigenvalue weighted by molar-refractivity contribution is -0.134. The van der Waals surface area contributed by atoms with E-state index < -0.39 is 5.41 Å². The third-order valence-electron chi connectivity index (χ3n) is 4.75. The molecule has 2 aromatic carbocycles. The molecule has 2 amide bonds. The Morgan fingerprint density at radius 1 is 1.00 bits per heavy atom. The Bertz CT molecular complexity index is 859. The van der Waals surface area contributed by atoms with Gasteiger partial charge in [-0.15, -0.1) is 0 Å². The normalized spacial score (nSPS) is 14.3. The standard InChI is InChI=1S/C22H26N2O4/c1-15(2)28-19-11-7-5-9-17(19)24-21(26)22(12-13-22)20(25)23-14-16-8-4-6-10-18(16)27-3/h4-11,15H,12-14H2,1-3H3,(H,23,25)(H,24,26). The van der Waals surface area contributed by atoms with Crippen molar-refractivity contribution in [1.29, 1.82) is 0 Å². The second-order valence-corrected chi connectivity index (χ2v) is 7.19. The number of hydrogen-bond acceptors (Lipinski definition) is 4. The van der Waals surface area contributed by atoms with Gasteiger partial charge in [-0.1, -0.05) is 30.3 Å². The van der Waals surface area contributed by atoms with E-state index in [9.17, 15) is 9.59 Å². The number of para-hydroxylation sites is 3. The first-order valence-corrected chi connectivity index (χ1v) is 9.43. The second-order valence-electron chi connectivity index (χ2n) is 7.19. The molecule has 1 aliphatic rings. The van der Waals surface area contributed by atoms with Crippen molar-refractivity contribution in [3.05, 3.63) is 54.1 Å². The molecule has 0 atom stereocenters. The van der Waals surface area contributed by atoms with Crippen LogP contribution in [0, 0.1) is 5.41 Å². The predicted molar refractivity (Wildman–Crippen MR) is 107 cm³/mol. The van der Waals surface area contributed by atoms with Crippen molar-refractivity contribution in [3.8, 4) is 11.5 Å². The Labute approximate surface area is 165 Å². The molecule has 6 nitrogen and oxygen atoms in total. The first-order valence-electron chi connectivity index (χ1n) is 9.43. The highest BCUT2D eigenvalue weighted by molar-refractivity contribution is 6.13. The van der Waals surface area contributed by atoms with Crippen molar-refractivity contribution in [2.24, 2.45) is 5.41 Å². The summed E-state index contributed by atoms with van der Waals surface area (Å²) in [6.45, 7) is 4.16. The number of amides is 2. The van der Waals surface area contributed by atoms with E-state index in [1.54, 1.807) is 19.2 Å². The molecule has 2 aromatic rings. The van der Waals surface area contributed by atoms with E-state index in [0.717, 1.165) is 5.56 Å². The van der Waals surface area contributed by atoms with E-state index in [1.807, 2.05) is 50.2 Å². The van der Waals surface area contributed by atoms with Crippen LogP contribution in [-0.2, 0) is 16.1 Å². The molecule has 0 unspecified atom stereocenters. The zero-order valence-electron chi connectivity index (χ0n) is 16.5. The molecule has 1 aliphatic carbocycles. The Kier molecular flexibility index (Phi) is 5.87. The SMILES string of the molecule is COc1ccccc1CNC(=O)C1(C(=O)Nc2ccccc2OC(C)C)CC1. The third kappa shape index (κ3) is 4.27. The maximum absolute atomic E-state index is 12.9. The van der Waals surface area contributed by atoms with Crippen LogP contribution < -0.4 is 20.1 Å². The molecule has 28 heavy (non-hydrogen) atoms. The number of benzene rings is 2. The fraction of sp³-hybridized carbons (Fsp3) is 0.364. The van der Waals surface area contributed by atoms with Crippen LogP contribution in [-0.4, -0.2) is 25.0 Å². The van der Waals surface area contributed by atoms with Crippen LogP contribution in [0.2, 0.25) is 0 Å². The summed E-state index contributed by atoms with van der Waals surface area (Å²) in [6.07, 6.45) is 1.05. The van der Waals surface area contributed by atoms with Crippen LogP contribution in [0.15, 0.2) is 48.5 Å². The van der Waals surface area contributed by atoms with Crippen molar-refractivity contribution in [2.75, 3.05) is 12.4 Å². The van der Waals surface area contributed by atoms with Crippen molar-refractivity contribution < 1.29 is 19.1 Å². The molecule has 0 heterocycles. The lowest BCUT2D eigenvalue weighted by Crippen LogP contribution is -2.39. The van der Waals surface area contributed by atoms with Crippen molar-refractivity contribution in [2.45, 2.75) is 39.3 Å².